The van der Waals surface area contributed by atoms with Gasteiger partial charge in [-0.05, 0) is 29.8 Å². The number of amides is 1. The van der Waals surface area contributed by atoms with Gasteiger partial charge < -0.3 is 15.2 Å². The molecule has 0 aliphatic rings. The van der Waals surface area contributed by atoms with Crippen LogP contribution in [0.4, 0.5) is 0 Å². The van der Waals surface area contributed by atoms with E-state index >= 15 is 0 Å². The average Bonchev–Trinajstić information content (AvgIpc) is 2.70. The zero-order valence-electron chi connectivity index (χ0n) is 15.7. The van der Waals surface area contributed by atoms with Crippen molar-refractivity contribution in [3.05, 3.63) is 58.4 Å². The van der Waals surface area contributed by atoms with Gasteiger partial charge in [0, 0.05) is 12.2 Å². The van der Waals surface area contributed by atoms with Crippen LogP contribution in [0.25, 0.3) is 10.9 Å². The van der Waals surface area contributed by atoms with E-state index in [0.29, 0.717) is 39.9 Å². The fourth-order valence-corrected chi connectivity index (χ4v) is 3.75. The zero-order valence-corrected chi connectivity index (χ0v) is 16.5. The van der Waals surface area contributed by atoms with E-state index in [-0.39, 0.29) is 17.9 Å². The van der Waals surface area contributed by atoms with Crippen molar-refractivity contribution in [3.63, 3.8) is 0 Å². The summed E-state index contributed by atoms with van der Waals surface area (Å²) in [5, 5.41) is 1.09. The summed E-state index contributed by atoms with van der Waals surface area (Å²) in [5.41, 5.74) is 6.59. The van der Waals surface area contributed by atoms with Crippen molar-refractivity contribution < 1.29 is 14.3 Å². The van der Waals surface area contributed by atoms with Gasteiger partial charge in [-0.3, -0.25) is 14.2 Å². The van der Waals surface area contributed by atoms with Crippen LogP contribution in [0.15, 0.2) is 52.4 Å². The minimum Gasteiger partial charge on any atom is -0.493 e. The van der Waals surface area contributed by atoms with Gasteiger partial charge in [0.25, 0.3) is 5.56 Å². The largest absolute Gasteiger partial charge is 0.493 e. The molecule has 0 bridgehead atoms. The molecule has 1 aromatic heterocycles. The second kappa shape index (κ2) is 8.79. The normalized spacial score (nSPS) is 10.8. The lowest BCUT2D eigenvalue weighted by Crippen LogP contribution is -2.24. The number of para-hydroxylation sites is 1. The maximum absolute atomic E-state index is 13.1. The number of aromatic nitrogens is 2. The van der Waals surface area contributed by atoms with Gasteiger partial charge in [-0.25, -0.2) is 4.98 Å². The first-order valence-electron chi connectivity index (χ1n) is 8.65. The fourth-order valence-electron chi connectivity index (χ4n) is 2.80. The molecule has 0 aliphatic carbocycles. The van der Waals surface area contributed by atoms with Crippen LogP contribution in [0.1, 0.15) is 12.0 Å². The van der Waals surface area contributed by atoms with Crippen molar-refractivity contribution in [3.8, 4) is 11.5 Å². The Balaban J connectivity index is 2.03. The molecule has 0 saturated carbocycles. The summed E-state index contributed by atoms with van der Waals surface area (Å²) < 4.78 is 12.2. The average molecular weight is 399 g/mol. The molecule has 2 aromatic carbocycles. The number of hydrogen-bond donors (Lipinski definition) is 1. The topological polar surface area (TPSA) is 96.4 Å². The van der Waals surface area contributed by atoms with Crippen LogP contribution in [0.2, 0.25) is 0 Å². The molecule has 1 heterocycles. The number of benzene rings is 2. The lowest BCUT2D eigenvalue weighted by Gasteiger charge is -2.14. The highest BCUT2D eigenvalue weighted by atomic mass is 32.2. The highest BCUT2D eigenvalue weighted by Gasteiger charge is 2.13. The van der Waals surface area contributed by atoms with Crippen LogP contribution in [0.5, 0.6) is 11.5 Å². The van der Waals surface area contributed by atoms with Gasteiger partial charge in [-0.15, -0.1) is 0 Å². The molecule has 1 amide bonds. The van der Waals surface area contributed by atoms with E-state index in [0.717, 1.165) is 5.56 Å². The lowest BCUT2D eigenvalue weighted by atomic mass is 10.2. The van der Waals surface area contributed by atoms with E-state index in [1.54, 1.807) is 37.0 Å². The van der Waals surface area contributed by atoms with Crippen molar-refractivity contribution in [1.82, 2.24) is 9.55 Å². The summed E-state index contributed by atoms with van der Waals surface area (Å²) >= 11 is 1.34. The molecule has 7 nitrogen and oxygen atoms in total. The molecule has 2 N–H and O–H groups in total. The van der Waals surface area contributed by atoms with Gasteiger partial charge in [0.2, 0.25) is 5.91 Å². The molecule has 0 radical (unpaired) electrons. The molecular formula is C20H21N3O4S. The second-order valence-corrected chi connectivity index (χ2v) is 7.12. The molecule has 146 valence electrons. The van der Waals surface area contributed by atoms with Crippen LogP contribution in [-0.4, -0.2) is 35.4 Å². The third-order valence-electron chi connectivity index (χ3n) is 4.19. The first-order valence-corrected chi connectivity index (χ1v) is 9.63. The van der Waals surface area contributed by atoms with Crippen molar-refractivity contribution in [2.75, 3.05) is 20.0 Å². The number of fused-ring (bicyclic) bond motifs is 1. The smallest absolute Gasteiger partial charge is 0.262 e. The molecule has 3 aromatic rings. The van der Waals surface area contributed by atoms with Crippen molar-refractivity contribution in [1.29, 1.82) is 0 Å². The molecule has 0 fully saturated rings. The number of thioether (sulfide) groups is 1. The predicted octanol–water partition coefficient (Wildman–Crippen LogP) is 2.43. The van der Waals surface area contributed by atoms with Gasteiger partial charge >= 0.3 is 0 Å². The van der Waals surface area contributed by atoms with Gasteiger partial charge in [0.05, 0.1) is 31.7 Å². The second-order valence-electron chi connectivity index (χ2n) is 6.06. The number of rotatable bonds is 8. The number of nitrogens with zero attached hydrogens (tertiary/aromatic N) is 2. The summed E-state index contributed by atoms with van der Waals surface area (Å²) in [6.07, 6.45) is 0.212. The van der Waals surface area contributed by atoms with Crippen LogP contribution < -0.4 is 20.8 Å². The van der Waals surface area contributed by atoms with Crippen LogP contribution in [0.3, 0.4) is 0 Å². The molecule has 0 atom stereocenters. The van der Waals surface area contributed by atoms with Gasteiger partial charge in [0.15, 0.2) is 16.7 Å². The van der Waals surface area contributed by atoms with E-state index in [1.165, 1.54) is 11.8 Å². The maximum Gasteiger partial charge on any atom is 0.262 e. The molecule has 3 rings (SSSR count). The number of carbonyl (C=O) groups excluding carboxylic acids is 1. The number of carbonyl (C=O) groups is 1. The standard InChI is InChI=1S/C20H21N3O4S/c1-26-16-8-7-13(11-17(16)27-2)12-23-19(25)14-5-3-4-6-15(14)22-20(23)28-10-9-18(21)24/h3-8,11H,9-10,12H2,1-2H3,(H2,21,24). The van der Waals surface area contributed by atoms with E-state index < -0.39 is 0 Å². The molecular weight excluding hydrogens is 378 g/mol. The van der Waals surface area contributed by atoms with Gasteiger partial charge in [0.1, 0.15) is 0 Å². The minimum absolute atomic E-state index is 0.137. The highest BCUT2D eigenvalue weighted by molar-refractivity contribution is 7.99. The van der Waals surface area contributed by atoms with E-state index in [1.807, 2.05) is 24.3 Å². The molecule has 8 heteroatoms. The Kier molecular flexibility index (Phi) is 6.20. The van der Waals surface area contributed by atoms with E-state index in [4.69, 9.17) is 15.2 Å². The first-order chi connectivity index (χ1) is 13.5. The van der Waals surface area contributed by atoms with Crippen molar-refractivity contribution in [2.45, 2.75) is 18.1 Å². The van der Waals surface area contributed by atoms with E-state index in [2.05, 4.69) is 4.98 Å². The Morgan fingerprint density at radius 3 is 2.61 bits per heavy atom. The molecule has 0 saturated heterocycles. The summed E-state index contributed by atoms with van der Waals surface area (Å²) in [5.74, 6) is 1.27. The zero-order chi connectivity index (χ0) is 20.1. The van der Waals surface area contributed by atoms with Gasteiger partial charge in [-0.2, -0.15) is 0 Å². The van der Waals surface area contributed by atoms with Crippen LogP contribution in [0, 0.1) is 0 Å². The fraction of sp³-hybridized carbons (Fsp3) is 0.250. The molecule has 0 aliphatic heterocycles. The van der Waals surface area contributed by atoms with Crippen LogP contribution in [-0.2, 0) is 11.3 Å². The molecule has 0 unspecified atom stereocenters. The summed E-state index contributed by atoms with van der Waals surface area (Å²) in [6, 6.07) is 12.7. The lowest BCUT2D eigenvalue weighted by molar-refractivity contribution is -0.117. The van der Waals surface area contributed by atoms with Crippen molar-refractivity contribution >= 4 is 28.6 Å². The Labute approximate surface area is 166 Å². The molecule has 0 spiro atoms. The summed E-state index contributed by atoms with van der Waals surface area (Å²) in [4.78, 5) is 28.8. The Morgan fingerprint density at radius 2 is 1.89 bits per heavy atom. The quantitative estimate of drug-likeness (QED) is 0.462. The Hall–Kier alpha value is -3.00. The van der Waals surface area contributed by atoms with Crippen LogP contribution >= 0.6 is 11.8 Å². The monoisotopic (exact) mass is 399 g/mol. The SMILES string of the molecule is COc1ccc(Cn2c(SCCC(N)=O)nc3ccccc3c2=O)cc1OC. The number of methoxy groups -OCH3 is 2. The highest BCUT2D eigenvalue weighted by Crippen LogP contribution is 2.28. The Morgan fingerprint density at radius 1 is 1.14 bits per heavy atom. The molecule has 28 heavy (non-hydrogen) atoms. The minimum atomic E-state index is -0.387. The maximum atomic E-state index is 13.1. The van der Waals surface area contributed by atoms with Crippen molar-refractivity contribution in [2.24, 2.45) is 5.73 Å². The predicted molar refractivity (Wildman–Crippen MR) is 109 cm³/mol. The number of hydrogen-bond acceptors (Lipinski definition) is 6. The Bertz CT molecular complexity index is 1060. The number of primary amides is 1. The summed E-state index contributed by atoms with van der Waals surface area (Å²) in [6.45, 7) is 0.315. The third-order valence-corrected chi connectivity index (χ3v) is 5.17. The third kappa shape index (κ3) is 4.28. The first kappa shape index (κ1) is 19.8. The van der Waals surface area contributed by atoms with Gasteiger partial charge in [-0.1, -0.05) is 30.0 Å². The summed E-state index contributed by atoms with van der Waals surface area (Å²) in [7, 11) is 3.14. The number of ether oxygens (including phenoxy) is 2. The van der Waals surface area contributed by atoms with E-state index in [9.17, 15) is 9.59 Å². The number of nitrogens with two attached hydrogens (primary N) is 1.